The zero-order valence-corrected chi connectivity index (χ0v) is 15.0. The minimum Gasteiger partial charge on any atom is -0.354 e. The second kappa shape index (κ2) is 7.50. The van der Waals surface area contributed by atoms with Crippen LogP contribution in [-0.2, 0) is 13.5 Å². The van der Waals surface area contributed by atoms with Gasteiger partial charge in [-0.2, -0.15) is 5.10 Å². The molecule has 1 fully saturated rings. The first-order valence-electron chi connectivity index (χ1n) is 8.68. The van der Waals surface area contributed by atoms with Crippen LogP contribution in [0, 0.1) is 6.92 Å². The van der Waals surface area contributed by atoms with E-state index in [0.717, 1.165) is 55.2 Å². The van der Waals surface area contributed by atoms with Crippen molar-refractivity contribution in [2.45, 2.75) is 39.2 Å². The van der Waals surface area contributed by atoms with Crippen LogP contribution < -0.4 is 15.5 Å². The molecule has 3 heterocycles. The summed E-state index contributed by atoms with van der Waals surface area (Å²) < 4.78 is 1.69. The van der Waals surface area contributed by atoms with Gasteiger partial charge in [-0.15, -0.1) is 0 Å². The molecule has 0 aromatic carbocycles. The summed E-state index contributed by atoms with van der Waals surface area (Å²) in [7, 11) is 1.83. The van der Waals surface area contributed by atoms with Gasteiger partial charge in [0.25, 0.3) is 0 Å². The average Bonchev–Trinajstić information content (AvgIpc) is 2.92. The van der Waals surface area contributed by atoms with Crippen LogP contribution in [0.25, 0.3) is 0 Å². The number of aryl methyl sites for hydroxylation is 3. The molecular formula is C17H25N7O. The van der Waals surface area contributed by atoms with Gasteiger partial charge in [-0.25, -0.2) is 14.8 Å². The van der Waals surface area contributed by atoms with Crippen molar-refractivity contribution in [1.29, 1.82) is 0 Å². The van der Waals surface area contributed by atoms with Gasteiger partial charge in [-0.05, 0) is 26.2 Å². The summed E-state index contributed by atoms with van der Waals surface area (Å²) in [6, 6.07) is 1.92. The third-order valence-electron chi connectivity index (χ3n) is 4.41. The molecule has 1 aliphatic rings. The molecule has 0 aliphatic carbocycles. The number of piperidine rings is 1. The highest BCUT2D eigenvalue weighted by atomic mass is 16.2. The fourth-order valence-electron chi connectivity index (χ4n) is 3.12. The Morgan fingerprint density at radius 3 is 2.96 bits per heavy atom. The number of rotatable bonds is 4. The van der Waals surface area contributed by atoms with E-state index >= 15 is 0 Å². The molecular weight excluding hydrogens is 318 g/mol. The second-order valence-corrected chi connectivity index (χ2v) is 6.41. The number of anilines is 2. The number of nitrogens with one attached hydrogen (secondary N) is 2. The third-order valence-corrected chi connectivity index (χ3v) is 4.41. The van der Waals surface area contributed by atoms with Gasteiger partial charge in [-0.1, -0.05) is 6.92 Å². The number of carbonyl (C=O) groups is 1. The number of urea groups is 1. The van der Waals surface area contributed by atoms with Crippen LogP contribution in [0.1, 0.15) is 31.2 Å². The van der Waals surface area contributed by atoms with Crippen LogP contribution in [0.4, 0.5) is 16.3 Å². The molecule has 1 atom stereocenters. The molecule has 1 aliphatic heterocycles. The number of hydrogen-bond donors (Lipinski definition) is 2. The van der Waals surface area contributed by atoms with Crippen molar-refractivity contribution in [2.75, 3.05) is 23.3 Å². The van der Waals surface area contributed by atoms with Crippen molar-refractivity contribution in [1.82, 2.24) is 25.1 Å². The fourth-order valence-corrected chi connectivity index (χ4v) is 3.12. The van der Waals surface area contributed by atoms with Crippen molar-refractivity contribution in [3.63, 3.8) is 0 Å². The van der Waals surface area contributed by atoms with E-state index in [1.54, 1.807) is 17.2 Å². The number of nitrogens with zero attached hydrogens (tertiary/aromatic N) is 5. The van der Waals surface area contributed by atoms with Gasteiger partial charge in [0.05, 0.1) is 11.4 Å². The molecule has 0 bridgehead atoms. The van der Waals surface area contributed by atoms with Crippen LogP contribution in [0.2, 0.25) is 0 Å². The highest BCUT2D eigenvalue weighted by molar-refractivity contribution is 5.89. The summed E-state index contributed by atoms with van der Waals surface area (Å²) in [5.41, 5.74) is 2.57. The lowest BCUT2D eigenvalue weighted by atomic mass is 10.1. The van der Waals surface area contributed by atoms with E-state index in [1.807, 2.05) is 20.0 Å². The zero-order valence-electron chi connectivity index (χ0n) is 15.0. The van der Waals surface area contributed by atoms with Crippen molar-refractivity contribution in [3.8, 4) is 0 Å². The van der Waals surface area contributed by atoms with Gasteiger partial charge >= 0.3 is 6.03 Å². The molecule has 8 nitrogen and oxygen atoms in total. The first-order valence-corrected chi connectivity index (χ1v) is 8.68. The predicted octanol–water partition coefficient (Wildman–Crippen LogP) is 1.87. The van der Waals surface area contributed by atoms with Crippen LogP contribution in [0.5, 0.6) is 0 Å². The number of hydrogen-bond acceptors (Lipinski definition) is 5. The minimum absolute atomic E-state index is 0.0887. The molecule has 2 amide bonds. The lowest BCUT2D eigenvalue weighted by Gasteiger charge is -2.34. The Kier molecular flexibility index (Phi) is 5.16. The predicted molar refractivity (Wildman–Crippen MR) is 96.7 cm³/mol. The SMILES string of the molecule is CCc1cc(N2CCCC(NC(=O)Nc3cn(C)nc3C)C2)ncn1. The van der Waals surface area contributed by atoms with Crippen LogP contribution >= 0.6 is 0 Å². The normalized spacial score (nSPS) is 17.4. The summed E-state index contributed by atoms with van der Waals surface area (Å²) in [5.74, 6) is 0.932. The van der Waals surface area contributed by atoms with E-state index in [2.05, 4.69) is 37.5 Å². The Hall–Kier alpha value is -2.64. The third kappa shape index (κ3) is 4.26. The quantitative estimate of drug-likeness (QED) is 0.885. The van der Waals surface area contributed by atoms with Crippen molar-refractivity contribution >= 4 is 17.5 Å². The van der Waals surface area contributed by atoms with Crippen molar-refractivity contribution < 1.29 is 4.79 Å². The van der Waals surface area contributed by atoms with Gasteiger partial charge in [0.1, 0.15) is 12.1 Å². The van der Waals surface area contributed by atoms with E-state index in [4.69, 9.17) is 0 Å². The summed E-state index contributed by atoms with van der Waals surface area (Å²) >= 11 is 0. The molecule has 3 rings (SSSR count). The van der Waals surface area contributed by atoms with Gasteiger partial charge in [0.15, 0.2) is 0 Å². The molecule has 134 valence electrons. The van der Waals surface area contributed by atoms with Crippen molar-refractivity contribution in [2.24, 2.45) is 7.05 Å². The summed E-state index contributed by atoms with van der Waals surface area (Å²) in [6.07, 6.45) is 6.28. The summed E-state index contributed by atoms with van der Waals surface area (Å²) in [5, 5.41) is 10.2. The molecule has 0 radical (unpaired) electrons. The van der Waals surface area contributed by atoms with Gasteiger partial charge < -0.3 is 15.5 Å². The molecule has 25 heavy (non-hydrogen) atoms. The molecule has 2 aromatic heterocycles. The number of aromatic nitrogens is 4. The smallest absolute Gasteiger partial charge is 0.319 e. The first kappa shape index (κ1) is 17.2. The van der Waals surface area contributed by atoms with Crippen molar-refractivity contribution in [3.05, 3.63) is 30.0 Å². The minimum atomic E-state index is -0.195. The van der Waals surface area contributed by atoms with E-state index in [-0.39, 0.29) is 12.1 Å². The standard InChI is InChI=1S/C17H25N7O/c1-4-13-8-16(19-11-18-13)24-7-5-6-14(9-24)20-17(25)21-15-10-23(3)22-12(15)2/h8,10-11,14H,4-7,9H2,1-3H3,(H2,20,21,25). The highest BCUT2D eigenvalue weighted by Crippen LogP contribution is 2.18. The Bertz CT molecular complexity index is 742. The molecule has 0 saturated carbocycles. The number of amides is 2. The van der Waals surface area contributed by atoms with Gasteiger partial charge in [0.2, 0.25) is 0 Å². The average molecular weight is 343 g/mol. The van der Waals surface area contributed by atoms with Crippen LogP contribution in [0.15, 0.2) is 18.6 Å². The van der Waals surface area contributed by atoms with E-state index in [9.17, 15) is 4.79 Å². The van der Waals surface area contributed by atoms with Crippen LogP contribution in [0.3, 0.4) is 0 Å². The largest absolute Gasteiger partial charge is 0.354 e. The maximum absolute atomic E-state index is 12.3. The molecule has 2 N–H and O–H groups in total. The molecule has 8 heteroatoms. The maximum Gasteiger partial charge on any atom is 0.319 e. The summed E-state index contributed by atoms with van der Waals surface area (Å²) in [4.78, 5) is 23.1. The molecule has 1 saturated heterocycles. The van der Waals surface area contributed by atoms with E-state index < -0.39 is 0 Å². The molecule has 2 aromatic rings. The van der Waals surface area contributed by atoms with Gasteiger partial charge in [-0.3, -0.25) is 4.68 Å². The molecule has 1 unspecified atom stereocenters. The summed E-state index contributed by atoms with van der Waals surface area (Å²) in [6.45, 7) is 5.65. The fraction of sp³-hybridized carbons (Fsp3) is 0.529. The highest BCUT2D eigenvalue weighted by Gasteiger charge is 2.23. The second-order valence-electron chi connectivity index (χ2n) is 6.41. The van der Waals surface area contributed by atoms with Crippen LogP contribution in [-0.4, -0.2) is 44.9 Å². The Morgan fingerprint density at radius 1 is 1.40 bits per heavy atom. The zero-order chi connectivity index (χ0) is 17.8. The first-order chi connectivity index (χ1) is 12.0. The molecule has 0 spiro atoms. The lowest BCUT2D eigenvalue weighted by Crippen LogP contribution is -2.49. The number of carbonyl (C=O) groups excluding carboxylic acids is 1. The topological polar surface area (TPSA) is 88.0 Å². The maximum atomic E-state index is 12.3. The van der Waals surface area contributed by atoms with Gasteiger partial charge in [0, 0.05) is 44.1 Å². The lowest BCUT2D eigenvalue weighted by molar-refractivity contribution is 0.246. The van der Waals surface area contributed by atoms with E-state index in [0.29, 0.717) is 0 Å². The Morgan fingerprint density at radius 2 is 2.24 bits per heavy atom. The Balaban J connectivity index is 1.59. The van der Waals surface area contributed by atoms with E-state index in [1.165, 1.54) is 0 Å². The monoisotopic (exact) mass is 343 g/mol. The Labute approximate surface area is 147 Å².